The Bertz CT molecular complexity index is 552. The Kier molecular flexibility index (Phi) is 4.31. The highest BCUT2D eigenvalue weighted by molar-refractivity contribution is 5.94. The lowest BCUT2D eigenvalue weighted by Gasteiger charge is -2.18. The van der Waals surface area contributed by atoms with E-state index in [-0.39, 0.29) is 5.91 Å². The van der Waals surface area contributed by atoms with Gasteiger partial charge in [-0.15, -0.1) is 0 Å². The van der Waals surface area contributed by atoms with Crippen LogP contribution >= 0.6 is 0 Å². The van der Waals surface area contributed by atoms with Gasteiger partial charge in [-0.25, -0.2) is 0 Å². The van der Waals surface area contributed by atoms with Crippen LogP contribution in [-0.4, -0.2) is 13.0 Å². The van der Waals surface area contributed by atoms with Crippen LogP contribution in [0.25, 0.3) is 0 Å². The number of ether oxygens (including phenoxy) is 1. The molecule has 0 saturated heterocycles. The predicted molar refractivity (Wildman–Crippen MR) is 74.8 cm³/mol. The van der Waals surface area contributed by atoms with Crippen LogP contribution in [0.2, 0.25) is 0 Å². The second kappa shape index (κ2) is 6.16. The lowest BCUT2D eigenvalue weighted by Crippen LogP contribution is -2.29. The Morgan fingerprint density at radius 3 is 2.47 bits per heavy atom. The maximum Gasteiger partial charge on any atom is 0.253 e. The first-order chi connectivity index (χ1) is 9.20. The maximum absolute atomic E-state index is 12.1. The van der Waals surface area contributed by atoms with E-state index in [4.69, 9.17) is 4.74 Å². The molecule has 0 bridgehead atoms. The van der Waals surface area contributed by atoms with Crippen LogP contribution in [0.15, 0.2) is 54.6 Å². The van der Waals surface area contributed by atoms with Crippen LogP contribution in [0.3, 0.4) is 0 Å². The van der Waals surface area contributed by atoms with Crippen molar-refractivity contribution in [3.05, 3.63) is 71.3 Å². The quantitative estimate of drug-likeness (QED) is 0.853. The fraction of sp³-hybridized carbons (Fsp3) is 0.188. The monoisotopic (exact) mass is 255 g/mol. The molecule has 0 saturated carbocycles. The zero-order valence-corrected chi connectivity index (χ0v) is 11.1. The van der Waals surface area contributed by atoms with Crippen molar-refractivity contribution in [3.8, 4) is 0 Å². The molecule has 3 heteroatoms. The van der Waals surface area contributed by atoms with Crippen LogP contribution in [0.5, 0.6) is 0 Å². The van der Waals surface area contributed by atoms with Gasteiger partial charge in [-0.1, -0.05) is 48.0 Å². The second-order valence-electron chi connectivity index (χ2n) is 4.37. The van der Waals surface area contributed by atoms with Crippen LogP contribution < -0.4 is 5.32 Å². The zero-order chi connectivity index (χ0) is 13.7. The lowest BCUT2D eigenvalue weighted by molar-refractivity contribution is 0.0575. The van der Waals surface area contributed by atoms with Gasteiger partial charge in [0.25, 0.3) is 5.91 Å². The number of nitrogens with one attached hydrogen (secondary N) is 1. The summed E-state index contributed by atoms with van der Waals surface area (Å²) < 4.78 is 5.35. The van der Waals surface area contributed by atoms with Gasteiger partial charge < -0.3 is 10.1 Å². The summed E-state index contributed by atoms with van der Waals surface area (Å²) in [4.78, 5) is 12.1. The molecule has 0 spiro atoms. The van der Waals surface area contributed by atoms with E-state index in [2.05, 4.69) is 5.32 Å². The molecular formula is C16H17NO2. The summed E-state index contributed by atoms with van der Waals surface area (Å²) in [6.45, 7) is 2.01. The van der Waals surface area contributed by atoms with Crippen molar-refractivity contribution in [2.45, 2.75) is 13.2 Å². The molecule has 0 radical (unpaired) electrons. The van der Waals surface area contributed by atoms with Crippen molar-refractivity contribution in [3.63, 3.8) is 0 Å². The van der Waals surface area contributed by atoms with E-state index in [1.165, 1.54) is 0 Å². The fourth-order valence-corrected chi connectivity index (χ4v) is 1.90. The fourth-order valence-electron chi connectivity index (χ4n) is 1.90. The zero-order valence-electron chi connectivity index (χ0n) is 11.1. The van der Waals surface area contributed by atoms with Crippen LogP contribution in [0.1, 0.15) is 27.7 Å². The average Bonchev–Trinajstić information content (AvgIpc) is 2.45. The molecule has 1 amide bonds. The Morgan fingerprint density at radius 1 is 1.11 bits per heavy atom. The minimum Gasteiger partial charge on any atom is -0.357 e. The normalized spacial score (nSPS) is 11.9. The van der Waals surface area contributed by atoms with Crippen LogP contribution in [-0.2, 0) is 4.74 Å². The number of carbonyl (C=O) groups is 1. The number of hydrogen-bond acceptors (Lipinski definition) is 2. The minimum absolute atomic E-state index is 0.144. The van der Waals surface area contributed by atoms with Crippen molar-refractivity contribution >= 4 is 5.91 Å². The molecule has 0 aliphatic rings. The van der Waals surface area contributed by atoms with Gasteiger partial charge in [-0.05, 0) is 19.1 Å². The van der Waals surface area contributed by atoms with Gasteiger partial charge in [-0.2, -0.15) is 0 Å². The third-order valence-corrected chi connectivity index (χ3v) is 2.88. The molecule has 0 heterocycles. The molecular weight excluding hydrogens is 238 g/mol. The van der Waals surface area contributed by atoms with Gasteiger partial charge in [-0.3, -0.25) is 4.79 Å². The molecule has 3 nitrogen and oxygen atoms in total. The van der Waals surface area contributed by atoms with E-state index in [1.54, 1.807) is 19.2 Å². The first-order valence-electron chi connectivity index (χ1n) is 6.16. The summed E-state index contributed by atoms with van der Waals surface area (Å²) >= 11 is 0. The van der Waals surface area contributed by atoms with E-state index in [0.717, 1.165) is 11.1 Å². The number of carbonyl (C=O) groups excluding carboxylic acids is 1. The highest BCUT2D eigenvalue weighted by Gasteiger charge is 2.14. The number of amides is 1. The van der Waals surface area contributed by atoms with E-state index in [0.29, 0.717) is 5.56 Å². The molecule has 0 aromatic heterocycles. The third-order valence-electron chi connectivity index (χ3n) is 2.88. The van der Waals surface area contributed by atoms with Crippen molar-refractivity contribution in [2.75, 3.05) is 7.11 Å². The Morgan fingerprint density at radius 2 is 1.84 bits per heavy atom. The Balaban J connectivity index is 2.14. The highest BCUT2D eigenvalue weighted by Crippen LogP contribution is 2.15. The molecule has 0 aliphatic carbocycles. The first kappa shape index (κ1) is 13.3. The van der Waals surface area contributed by atoms with Crippen molar-refractivity contribution in [2.24, 2.45) is 0 Å². The standard InChI is InChI=1S/C16H17NO2/c1-12-7-6-10-14(11-12)16(19-2)17-15(18)13-8-4-3-5-9-13/h3-11,16H,1-2H3,(H,17,18). The van der Waals surface area contributed by atoms with Gasteiger partial charge >= 0.3 is 0 Å². The number of aryl methyl sites for hydroxylation is 1. The highest BCUT2D eigenvalue weighted by atomic mass is 16.5. The van der Waals surface area contributed by atoms with Gasteiger partial charge in [0, 0.05) is 18.2 Å². The number of hydrogen-bond donors (Lipinski definition) is 1. The molecule has 98 valence electrons. The first-order valence-corrected chi connectivity index (χ1v) is 6.16. The molecule has 1 atom stereocenters. The second-order valence-corrected chi connectivity index (χ2v) is 4.37. The summed E-state index contributed by atoms with van der Waals surface area (Å²) in [5.41, 5.74) is 2.69. The smallest absolute Gasteiger partial charge is 0.253 e. The summed E-state index contributed by atoms with van der Waals surface area (Å²) in [5.74, 6) is -0.144. The molecule has 19 heavy (non-hydrogen) atoms. The van der Waals surface area contributed by atoms with Crippen molar-refractivity contribution in [1.29, 1.82) is 0 Å². The van der Waals surface area contributed by atoms with Crippen molar-refractivity contribution in [1.82, 2.24) is 5.32 Å². The largest absolute Gasteiger partial charge is 0.357 e. The van der Waals surface area contributed by atoms with E-state index in [9.17, 15) is 4.79 Å². The third kappa shape index (κ3) is 3.42. The number of rotatable bonds is 4. The molecule has 2 rings (SSSR count). The average molecular weight is 255 g/mol. The Labute approximate surface area is 113 Å². The summed E-state index contributed by atoms with van der Waals surface area (Å²) in [7, 11) is 1.58. The molecule has 2 aromatic carbocycles. The molecule has 0 aliphatic heterocycles. The molecule has 2 aromatic rings. The Hall–Kier alpha value is -2.13. The van der Waals surface area contributed by atoms with Crippen molar-refractivity contribution < 1.29 is 9.53 Å². The van der Waals surface area contributed by atoms with E-state index >= 15 is 0 Å². The predicted octanol–water partition coefficient (Wildman–Crippen LogP) is 3.07. The molecule has 1 unspecified atom stereocenters. The molecule has 0 fully saturated rings. The number of methoxy groups -OCH3 is 1. The topological polar surface area (TPSA) is 38.3 Å². The van der Waals surface area contributed by atoms with Gasteiger partial charge in [0.1, 0.15) is 0 Å². The van der Waals surface area contributed by atoms with Gasteiger partial charge in [0.05, 0.1) is 0 Å². The van der Waals surface area contributed by atoms with Crippen LogP contribution in [0.4, 0.5) is 0 Å². The van der Waals surface area contributed by atoms with E-state index in [1.807, 2.05) is 49.4 Å². The SMILES string of the molecule is COC(NC(=O)c1ccccc1)c1cccc(C)c1. The van der Waals surface area contributed by atoms with Gasteiger partial charge in [0.15, 0.2) is 6.23 Å². The number of benzene rings is 2. The summed E-state index contributed by atoms with van der Waals surface area (Å²) in [5, 5.41) is 2.87. The van der Waals surface area contributed by atoms with Crippen LogP contribution in [0, 0.1) is 6.92 Å². The molecule has 1 N–H and O–H groups in total. The maximum atomic E-state index is 12.1. The summed E-state index contributed by atoms with van der Waals surface area (Å²) in [6, 6.07) is 17.0. The lowest BCUT2D eigenvalue weighted by atomic mass is 10.1. The minimum atomic E-state index is -0.437. The van der Waals surface area contributed by atoms with E-state index < -0.39 is 6.23 Å². The summed E-state index contributed by atoms with van der Waals surface area (Å²) in [6.07, 6.45) is -0.437. The van der Waals surface area contributed by atoms with Gasteiger partial charge in [0.2, 0.25) is 0 Å².